The van der Waals surface area contributed by atoms with E-state index >= 15 is 0 Å². The van der Waals surface area contributed by atoms with Crippen molar-refractivity contribution in [3.05, 3.63) is 46.7 Å². The van der Waals surface area contributed by atoms with Crippen LogP contribution in [0, 0.1) is 0 Å². The number of halogens is 3. The Morgan fingerprint density at radius 3 is 2.65 bits per heavy atom. The predicted molar refractivity (Wildman–Crippen MR) is 94.9 cm³/mol. The van der Waals surface area contributed by atoms with Crippen LogP contribution in [0.4, 0.5) is 14.6 Å². The first-order chi connectivity index (χ1) is 12.2. The number of ether oxygens (including phenoxy) is 1. The number of alkyl halides is 2. The third-order valence-corrected chi connectivity index (χ3v) is 3.87. The van der Waals surface area contributed by atoms with Gasteiger partial charge in [0.2, 0.25) is 0 Å². The maximum Gasteiger partial charge on any atom is 0.387 e. The van der Waals surface area contributed by atoms with Crippen LogP contribution in [0.1, 0.15) is 32.2 Å². The third-order valence-electron chi connectivity index (χ3n) is 3.63. The Morgan fingerprint density at radius 2 is 1.96 bits per heavy atom. The maximum absolute atomic E-state index is 12.6. The van der Waals surface area contributed by atoms with E-state index in [1.54, 1.807) is 22.7 Å². The molecule has 26 heavy (non-hydrogen) atoms. The SMILES string of the molecule is CC(C)(C)c1nnc2ccc(NCc3cc(Cl)ccc3OC(F)F)nn12. The van der Waals surface area contributed by atoms with Crippen molar-refractivity contribution in [3.63, 3.8) is 0 Å². The normalized spacial score (nSPS) is 12.0. The molecule has 0 aliphatic heterocycles. The van der Waals surface area contributed by atoms with Crippen LogP contribution in [0.5, 0.6) is 5.75 Å². The highest BCUT2D eigenvalue weighted by Crippen LogP contribution is 2.26. The molecule has 9 heteroatoms. The zero-order chi connectivity index (χ0) is 18.9. The van der Waals surface area contributed by atoms with Crippen molar-refractivity contribution >= 4 is 23.1 Å². The Labute approximate surface area is 154 Å². The number of rotatable bonds is 5. The van der Waals surface area contributed by atoms with Gasteiger partial charge in [0.1, 0.15) is 11.6 Å². The summed E-state index contributed by atoms with van der Waals surface area (Å²) in [5.74, 6) is 1.34. The smallest absolute Gasteiger partial charge is 0.387 e. The zero-order valence-corrected chi connectivity index (χ0v) is 15.3. The van der Waals surface area contributed by atoms with Crippen LogP contribution in [0.2, 0.25) is 5.02 Å². The molecule has 138 valence electrons. The quantitative estimate of drug-likeness (QED) is 0.714. The molecule has 0 spiro atoms. The van der Waals surface area contributed by atoms with Crippen molar-refractivity contribution in [2.24, 2.45) is 0 Å². The number of hydrogen-bond acceptors (Lipinski definition) is 5. The van der Waals surface area contributed by atoms with Crippen LogP contribution >= 0.6 is 11.6 Å². The molecule has 6 nitrogen and oxygen atoms in total. The summed E-state index contributed by atoms with van der Waals surface area (Å²) in [7, 11) is 0. The van der Waals surface area contributed by atoms with Crippen molar-refractivity contribution in [2.75, 3.05) is 5.32 Å². The number of nitrogens with one attached hydrogen (secondary N) is 1. The molecule has 3 rings (SSSR count). The van der Waals surface area contributed by atoms with E-state index in [2.05, 4.69) is 25.3 Å². The molecular weight excluding hydrogens is 364 g/mol. The standard InChI is InChI=1S/C17H18ClF2N5O/c1-17(2,3)15-23-22-14-7-6-13(24-25(14)15)21-9-10-8-11(18)4-5-12(10)26-16(19)20/h4-8,16H,9H2,1-3H3,(H,21,24). The first-order valence-electron chi connectivity index (χ1n) is 7.94. The topological polar surface area (TPSA) is 64.3 Å². The van der Waals surface area contributed by atoms with Gasteiger partial charge >= 0.3 is 6.61 Å². The van der Waals surface area contributed by atoms with Gasteiger partial charge in [-0.05, 0) is 30.3 Å². The summed E-state index contributed by atoms with van der Waals surface area (Å²) in [5.41, 5.74) is 0.903. The molecule has 2 aromatic heterocycles. The van der Waals surface area contributed by atoms with E-state index in [4.69, 9.17) is 11.6 Å². The van der Waals surface area contributed by atoms with Crippen molar-refractivity contribution in [1.82, 2.24) is 19.8 Å². The molecule has 3 aromatic rings. The van der Waals surface area contributed by atoms with E-state index in [9.17, 15) is 8.78 Å². The number of benzene rings is 1. The van der Waals surface area contributed by atoms with Gasteiger partial charge in [0.05, 0.1) is 0 Å². The molecule has 0 amide bonds. The lowest BCUT2D eigenvalue weighted by Gasteiger charge is -2.15. The minimum Gasteiger partial charge on any atom is -0.434 e. The van der Waals surface area contributed by atoms with Gasteiger partial charge in [0.25, 0.3) is 0 Å². The Hall–Kier alpha value is -2.48. The van der Waals surface area contributed by atoms with Gasteiger partial charge in [-0.3, -0.25) is 0 Å². The van der Waals surface area contributed by atoms with Crippen molar-refractivity contribution in [2.45, 2.75) is 39.3 Å². The minimum absolute atomic E-state index is 0.0673. The minimum atomic E-state index is -2.91. The van der Waals surface area contributed by atoms with E-state index in [0.29, 0.717) is 22.1 Å². The molecule has 2 heterocycles. The molecule has 0 aliphatic rings. The molecule has 1 N–H and O–H groups in total. The van der Waals surface area contributed by atoms with E-state index in [-0.39, 0.29) is 17.7 Å². The summed E-state index contributed by atoms with van der Waals surface area (Å²) in [6.45, 7) is 3.37. The predicted octanol–water partition coefficient (Wildman–Crippen LogP) is 4.29. The molecule has 0 atom stereocenters. The van der Waals surface area contributed by atoms with Crippen molar-refractivity contribution in [1.29, 1.82) is 0 Å². The maximum atomic E-state index is 12.6. The number of hydrogen-bond donors (Lipinski definition) is 1. The Balaban J connectivity index is 1.85. The highest BCUT2D eigenvalue weighted by molar-refractivity contribution is 6.30. The summed E-state index contributed by atoms with van der Waals surface area (Å²) in [6, 6.07) is 8.02. The Morgan fingerprint density at radius 1 is 1.19 bits per heavy atom. The van der Waals surface area contributed by atoms with Crippen molar-refractivity contribution in [3.8, 4) is 5.75 Å². The fraction of sp³-hybridized carbons (Fsp3) is 0.353. The lowest BCUT2D eigenvalue weighted by molar-refractivity contribution is -0.0504. The molecule has 0 bridgehead atoms. The van der Waals surface area contributed by atoms with Gasteiger partial charge in [0, 0.05) is 22.5 Å². The fourth-order valence-electron chi connectivity index (χ4n) is 2.43. The Kier molecular flexibility index (Phi) is 4.95. The monoisotopic (exact) mass is 381 g/mol. The fourth-order valence-corrected chi connectivity index (χ4v) is 2.63. The largest absolute Gasteiger partial charge is 0.434 e. The van der Waals surface area contributed by atoms with Gasteiger partial charge in [0.15, 0.2) is 11.5 Å². The summed E-state index contributed by atoms with van der Waals surface area (Å²) < 4.78 is 31.3. The second-order valence-corrected chi connectivity index (χ2v) is 7.18. The average Bonchev–Trinajstić information content (AvgIpc) is 2.98. The molecule has 0 radical (unpaired) electrons. The lowest BCUT2D eigenvalue weighted by Crippen LogP contribution is -2.17. The summed E-state index contributed by atoms with van der Waals surface area (Å²) in [4.78, 5) is 0. The van der Waals surface area contributed by atoms with Gasteiger partial charge in [-0.1, -0.05) is 32.4 Å². The van der Waals surface area contributed by atoms with Crippen molar-refractivity contribution < 1.29 is 13.5 Å². The van der Waals surface area contributed by atoms with E-state index in [1.165, 1.54) is 12.1 Å². The first-order valence-corrected chi connectivity index (χ1v) is 8.32. The second kappa shape index (κ2) is 7.03. The summed E-state index contributed by atoms with van der Waals surface area (Å²) in [5, 5.41) is 16.3. The zero-order valence-electron chi connectivity index (χ0n) is 14.5. The second-order valence-electron chi connectivity index (χ2n) is 6.75. The van der Waals surface area contributed by atoms with Gasteiger partial charge in [-0.2, -0.15) is 13.3 Å². The summed E-state index contributed by atoms with van der Waals surface area (Å²) >= 11 is 5.96. The first kappa shape index (κ1) is 18.3. The number of aromatic nitrogens is 4. The van der Waals surface area contributed by atoms with Crippen LogP contribution < -0.4 is 10.1 Å². The van der Waals surface area contributed by atoms with E-state index in [0.717, 1.165) is 5.82 Å². The average molecular weight is 382 g/mol. The van der Waals surface area contributed by atoms with Crippen LogP contribution in [0.3, 0.4) is 0 Å². The Bertz CT molecular complexity index is 923. The summed E-state index contributed by atoms with van der Waals surface area (Å²) in [6.07, 6.45) is 0. The highest BCUT2D eigenvalue weighted by atomic mass is 35.5. The lowest BCUT2D eigenvalue weighted by atomic mass is 9.96. The number of nitrogens with zero attached hydrogens (tertiary/aromatic N) is 4. The molecule has 0 aliphatic carbocycles. The van der Waals surface area contributed by atoms with E-state index < -0.39 is 6.61 Å². The van der Waals surface area contributed by atoms with Gasteiger partial charge in [-0.25, -0.2) is 0 Å². The number of fused-ring (bicyclic) bond motifs is 1. The molecule has 1 aromatic carbocycles. The molecule has 0 unspecified atom stereocenters. The van der Waals surface area contributed by atoms with Crippen LogP contribution in [-0.2, 0) is 12.0 Å². The third kappa shape index (κ3) is 4.01. The van der Waals surface area contributed by atoms with Gasteiger partial charge < -0.3 is 10.1 Å². The molecule has 0 saturated heterocycles. The van der Waals surface area contributed by atoms with Crippen LogP contribution in [0.15, 0.2) is 30.3 Å². The van der Waals surface area contributed by atoms with E-state index in [1.807, 2.05) is 20.8 Å². The highest BCUT2D eigenvalue weighted by Gasteiger charge is 2.21. The molecule has 0 fully saturated rings. The number of anilines is 1. The molecule has 0 saturated carbocycles. The van der Waals surface area contributed by atoms with Crippen LogP contribution in [0.25, 0.3) is 5.65 Å². The van der Waals surface area contributed by atoms with Gasteiger partial charge in [-0.15, -0.1) is 15.3 Å². The molecular formula is C17H18ClF2N5O. The van der Waals surface area contributed by atoms with Crippen LogP contribution in [-0.4, -0.2) is 26.4 Å².